The van der Waals surface area contributed by atoms with E-state index in [1.165, 1.54) is 0 Å². The van der Waals surface area contributed by atoms with Gasteiger partial charge in [-0.3, -0.25) is 4.79 Å². The van der Waals surface area contributed by atoms with Crippen molar-refractivity contribution < 1.29 is 42.8 Å². The molecule has 11 nitrogen and oxygen atoms in total. The van der Waals surface area contributed by atoms with Crippen LogP contribution in [0.4, 0.5) is 4.79 Å². The van der Waals surface area contributed by atoms with Crippen LogP contribution in [0.1, 0.15) is 70.4 Å². The molecule has 53 heavy (non-hydrogen) atoms. The molecule has 1 heterocycles. The Morgan fingerprint density at radius 3 is 2.28 bits per heavy atom. The van der Waals surface area contributed by atoms with Gasteiger partial charge in [-0.2, -0.15) is 0 Å². The lowest BCUT2D eigenvalue weighted by Gasteiger charge is -2.40. The summed E-state index contributed by atoms with van der Waals surface area (Å²) in [6.07, 6.45) is 2.81. The highest BCUT2D eigenvalue weighted by molar-refractivity contribution is 5.82. The van der Waals surface area contributed by atoms with Crippen LogP contribution >= 0.6 is 0 Å². The summed E-state index contributed by atoms with van der Waals surface area (Å²) < 4.78 is 33.1. The number of nitrogens with zero attached hydrogens (tertiary/aromatic N) is 2. The van der Waals surface area contributed by atoms with Crippen LogP contribution in [0.25, 0.3) is 11.1 Å². The third kappa shape index (κ3) is 11.4. The van der Waals surface area contributed by atoms with Gasteiger partial charge in [0.1, 0.15) is 22.8 Å². The Labute approximate surface area is 313 Å². The smallest absolute Gasteiger partial charge is 0.410 e. The standard InChI is InChI=1S/C42H54N2O9/c1-7-50-39(45)28-52-34-16-12-30(13-17-34)31-10-8-11-32(24-31)37-18-19-43(41(47)53-42(2,3)4)27-38(37)40(46)44(33-14-15-33)26-29-22-35(49-6)25-36(23-29)51-21-9-20-48-5/h8,10-13,16-17,22-25,33,37-38H,7,9,14-15,18-21,26-28H2,1-6H3/t37-,38+/m1/s1. The van der Waals surface area contributed by atoms with Crippen molar-refractivity contribution in [1.82, 2.24) is 9.80 Å². The molecule has 5 rings (SSSR count). The Bertz CT molecular complexity index is 1680. The molecule has 0 spiro atoms. The molecule has 0 aromatic heterocycles. The highest BCUT2D eigenvalue weighted by Gasteiger charge is 2.43. The van der Waals surface area contributed by atoms with E-state index in [9.17, 15) is 14.4 Å². The van der Waals surface area contributed by atoms with Crippen molar-refractivity contribution in [2.75, 3.05) is 53.7 Å². The fraction of sp³-hybridized carbons (Fsp3) is 0.500. The van der Waals surface area contributed by atoms with Crippen molar-refractivity contribution >= 4 is 18.0 Å². The van der Waals surface area contributed by atoms with Gasteiger partial charge in [0.15, 0.2) is 6.61 Å². The third-order valence-electron chi connectivity index (χ3n) is 9.31. The van der Waals surface area contributed by atoms with Crippen LogP contribution in [0.3, 0.4) is 0 Å². The van der Waals surface area contributed by atoms with Crippen LogP contribution in [0.5, 0.6) is 17.2 Å². The van der Waals surface area contributed by atoms with Gasteiger partial charge >= 0.3 is 12.1 Å². The molecule has 1 saturated carbocycles. The normalized spacial score (nSPS) is 17.1. The predicted molar refractivity (Wildman–Crippen MR) is 201 cm³/mol. The van der Waals surface area contributed by atoms with E-state index in [0.29, 0.717) is 56.6 Å². The van der Waals surface area contributed by atoms with Gasteiger partial charge in [0.2, 0.25) is 5.91 Å². The molecule has 286 valence electrons. The number of hydrogen-bond acceptors (Lipinski definition) is 9. The monoisotopic (exact) mass is 730 g/mol. The van der Waals surface area contributed by atoms with E-state index in [4.69, 9.17) is 28.4 Å². The Morgan fingerprint density at radius 2 is 1.60 bits per heavy atom. The van der Waals surface area contributed by atoms with E-state index in [1.54, 1.807) is 26.0 Å². The highest BCUT2D eigenvalue weighted by atomic mass is 16.6. The molecule has 2 aliphatic rings. The molecule has 0 N–H and O–H groups in total. The average molecular weight is 731 g/mol. The number of likely N-dealkylation sites (tertiary alicyclic amines) is 1. The molecule has 1 aliphatic heterocycles. The number of amides is 2. The SMILES string of the molecule is CCOC(=O)COc1ccc(-c2cccc([C@H]3CCN(C(=O)OC(C)(C)C)C[C@@H]3C(=O)N(Cc3cc(OC)cc(OCCCOC)c3)C3CC3)c2)cc1. The number of benzene rings is 3. The molecule has 0 radical (unpaired) electrons. The molecular formula is C42H54N2O9. The van der Waals surface area contributed by atoms with Crippen LogP contribution in [-0.4, -0.2) is 93.1 Å². The molecule has 0 unspecified atom stereocenters. The van der Waals surface area contributed by atoms with E-state index < -0.39 is 23.6 Å². The maximum Gasteiger partial charge on any atom is 0.410 e. The Kier molecular flexibility index (Phi) is 13.6. The zero-order chi connectivity index (χ0) is 38.0. The minimum Gasteiger partial charge on any atom is -0.497 e. The predicted octanol–water partition coefficient (Wildman–Crippen LogP) is 7.25. The second-order valence-corrected chi connectivity index (χ2v) is 14.6. The summed E-state index contributed by atoms with van der Waals surface area (Å²) in [5.74, 6) is 0.905. The number of hydrogen-bond donors (Lipinski definition) is 0. The average Bonchev–Trinajstić information content (AvgIpc) is 3.99. The van der Waals surface area contributed by atoms with Gasteiger partial charge < -0.3 is 38.2 Å². The first-order valence-corrected chi connectivity index (χ1v) is 18.5. The molecule has 2 amide bonds. The van der Waals surface area contributed by atoms with Crippen molar-refractivity contribution in [3.05, 3.63) is 77.9 Å². The van der Waals surface area contributed by atoms with Gasteiger partial charge in [0.05, 0.1) is 26.2 Å². The number of ether oxygens (including phenoxy) is 6. The number of piperidine rings is 1. The van der Waals surface area contributed by atoms with E-state index in [1.807, 2.05) is 80.3 Å². The maximum atomic E-state index is 14.9. The number of rotatable bonds is 16. The van der Waals surface area contributed by atoms with Crippen LogP contribution < -0.4 is 14.2 Å². The zero-order valence-corrected chi connectivity index (χ0v) is 31.9. The van der Waals surface area contributed by atoms with Crippen molar-refractivity contribution in [2.45, 2.75) is 77.5 Å². The number of carbonyl (C=O) groups excluding carboxylic acids is 3. The number of carbonyl (C=O) groups is 3. The summed E-state index contributed by atoms with van der Waals surface area (Å²) in [6.45, 7) is 9.69. The molecule has 11 heteroatoms. The molecule has 2 fully saturated rings. The first-order chi connectivity index (χ1) is 25.5. The fourth-order valence-electron chi connectivity index (χ4n) is 6.63. The Balaban J connectivity index is 1.40. The quantitative estimate of drug-likeness (QED) is 0.111. The van der Waals surface area contributed by atoms with Gasteiger partial charge in [-0.25, -0.2) is 9.59 Å². The van der Waals surface area contributed by atoms with Gasteiger partial charge in [-0.1, -0.05) is 36.4 Å². The fourth-order valence-corrected chi connectivity index (χ4v) is 6.63. The largest absolute Gasteiger partial charge is 0.497 e. The summed E-state index contributed by atoms with van der Waals surface area (Å²) in [6, 6.07) is 21.7. The molecule has 1 saturated heterocycles. The van der Waals surface area contributed by atoms with Crippen molar-refractivity contribution in [3.63, 3.8) is 0 Å². The minimum atomic E-state index is -0.656. The molecule has 2 atom stereocenters. The van der Waals surface area contributed by atoms with Crippen LogP contribution in [0.15, 0.2) is 66.7 Å². The first-order valence-electron chi connectivity index (χ1n) is 18.5. The molecular weight excluding hydrogens is 676 g/mol. The minimum absolute atomic E-state index is 0.0182. The maximum absolute atomic E-state index is 14.9. The van der Waals surface area contributed by atoms with Gasteiger partial charge in [0, 0.05) is 51.9 Å². The van der Waals surface area contributed by atoms with Gasteiger partial charge in [0.25, 0.3) is 0 Å². The van der Waals surface area contributed by atoms with Crippen LogP contribution in [-0.2, 0) is 30.3 Å². The van der Waals surface area contributed by atoms with Crippen molar-refractivity contribution in [1.29, 1.82) is 0 Å². The lowest BCUT2D eigenvalue weighted by atomic mass is 9.79. The first kappa shape index (κ1) is 39.4. The Hall–Kier alpha value is -4.77. The summed E-state index contributed by atoms with van der Waals surface area (Å²) in [5, 5.41) is 0. The second-order valence-electron chi connectivity index (χ2n) is 14.6. The van der Waals surface area contributed by atoms with E-state index >= 15 is 0 Å². The highest BCUT2D eigenvalue weighted by Crippen LogP contribution is 2.40. The molecule has 0 bridgehead atoms. The lowest BCUT2D eigenvalue weighted by Crippen LogP contribution is -2.51. The summed E-state index contributed by atoms with van der Waals surface area (Å²) in [5.41, 5.74) is 3.27. The van der Waals surface area contributed by atoms with Crippen LogP contribution in [0.2, 0.25) is 0 Å². The van der Waals surface area contributed by atoms with E-state index in [2.05, 4.69) is 12.1 Å². The zero-order valence-electron chi connectivity index (χ0n) is 31.9. The van der Waals surface area contributed by atoms with E-state index in [-0.39, 0.29) is 31.0 Å². The lowest BCUT2D eigenvalue weighted by molar-refractivity contribution is -0.145. The van der Waals surface area contributed by atoms with Gasteiger partial charge in [-0.05, 0) is 99.4 Å². The number of esters is 1. The summed E-state index contributed by atoms with van der Waals surface area (Å²) >= 11 is 0. The van der Waals surface area contributed by atoms with Crippen molar-refractivity contribution in [3.8, 4) is 28.4 Å². The third-order valence-corrected chi connectivity index (χ3v) is 9.31. The van der Waals surface area contributed by atoms with Gasteiger partial charge in [-0.15, -0.1) is 0 Å². The summed E-state index contributed by atoms with van der Waals surface area (Å²) in [7, 11) is 3.29. The summed E-state index contributed by atoms with van der Waals surface area (Å²) in [4.78, 5) is 43.6. The topological polar surface area (TPSA) is 113 Å². The number of methoxy groups -OCH3 is 2. The van der Waals surface area contributed by atoms with Crippen LogP contribution in [0, 0.1) is 5.92 Å². The molecule has 3 aromatic rings. The van der Waals surface area contributed by atoms with Crippen molar-refractivity contribution in [2.24, 2.45) is 5.92 Å². The molecule has 1 aliphatic carbocycles. The van der Waals surface area contributed by atoms with E-state index in [0.717, 1.165) is 41.5 Å². The molecule has 3 aromatic carbocycles. The second kappa shape index (κ2) is 18.3. The Morgan fingerprint density at radius 1 is 0.849 bits per heavy atom.